The number of amides is 2. The number of hydrogen-bond acceptors (Lipinski definition) is 7. The van der Waals surface area contributed by atoms with E-state index in [0.29, 0.717) is 32.8 Å². The normalized spacial score (nSPS) is 15.4. The van der Waals surface area contributed by atoms with Crippen LogP contribution in [0.3, 0.4) is 0 Å². The van der Waals surface area contributed by atoms with Crippen LogP contribution in [0.2, 0.25) is 0 Å². The largest absolute Gasteiger partial charge is 0.450 e. The highest BCUT2D eigenvalue weighted by Gasteiger charge is 2.28. The summed E-state index contributed by atoms with van der Waals surface area (Å²) in [6, 6.07) is 0. The predicted octanol–water partition coefficient (Wildman–Crippen LogP) is -0.434. The number of nitrogen functional groups attached to an aromatic ring is 1. The molecule has 0 saturated carbocycles. The van der Waals surface area contributed by atoms with Crippen LogP contribution >= 0.6 is 0 Å². The first-order valence-electron chi connectivity index (χ1n) is 5.92. The number of aromatic nitrogens is 2. The van der Waals surface area contributed by atoms with Crippen molar-refractivity contribution in [1.82, 2.24) is 20.1 Å². The van der Waals surface area contributed by atoms with Crippen molar-refractivity contribution < 1.29 is 19.0 Å². The smallest absolute Gasteiger partial charge is 0.409 e. The Bertz CT molecular complexity index is 466. The summed E-state index contributed by atoms with van der Waals surface area (Å²) < 4.78 is 9.29. The number of ether oxygens (including phenoxy) is 1. The summed E-state index contributed by atoms with van der Waals surface area (Å²) in [6.45, 7) is 3.69. The molecule has 19 heavy (non-hydrogen) atoms. The SMILES string of the molecule is CCOC(=O)N1CCN(C(=O)c2nonc2N)CC1. The summed E-state index contributed by atoms with van der Waals surface area (Å²) in [7, 11) is 0. The Morgan fingerprint density at radius 1 is 1.26 bits per heavy atom. The maximum absolute atomic E-state index is 12.0. The molecule has 0 spiro atoms. The minimum atomic E-state index is -0.364. The number of rotatable bonds is 2. The molecule has 104 valence electrons. The zero-order valence-corrected chi connectivity index (χ0v) is 10.5. The number of nitrogens with zero attached hydrogens (tertiary/aromatic N) is 4. The van der Waals surface area contributed by atoms with Crippen molar-refractivity contribution in [3.8, 4) is 0 Å². The van der Waals surface area contributed by atoms with E-state index in [2.05, 4.69) is 14.9 Å². The molecule has 0 radical (unpaired) electrons. The van der Waals surface area contributed by atoms with Crippen molar-refractivity contribution in [1.29, 1.82) is 0 Å². The molecule has 0 aromatic carbocycles. The molecule has 1 saturated heterocycles. The summed E-state index contributed by atoms with van der Waals surface area (Å²) >= 11 is 0. The molecule has 2 heterocycles. The molecule has 1 aromatic heterocycles. The molecule has 1 aliphatic heterocycles. The van der Waals surface area contributed by atoms with E-state index in [1.807, 2.05) is 0 Å². The number of nitrogens with two attached hydrogens (primary N) is 1. The lowest BCUT2D eigenvalue weighted by atomic mass is 10.3. The van der Waals surface area contributed by atoms with E-state index < -0.39 is 0 Å². The van der Waals surface area contributed by atoms with E-state index in [1.54, 1.807) is 16.7 Å². The summed E-state index contributed by atoms with van der Waals surface area (Å²) in [5.41, 5.74) is 5.47. The van der Waals surface area contributed by atoms with Crippen LogP contribution in [-0.4, -0.2) is 64.9 Å². The molecule has 2 rings (SSSR count). The molecular weight excluding hydrogens is 254 g/mol. The van der Waals surface area contributed by atoms with Crippen molar-refractivity contribution in [2.45, 2.75) is 6.92 Å². The van der Waals surface area contributed by atoms with Gasteiger partial charge in [-0.05, 0) is 17.2 Å². The number of anilines is 1. The predicted molar refractivity (Wildman–Crippen MR) is 63.2 cm³/mol. The molecule has 0 aliphatic carbocycles. The zero-order chi connectivity index (χ0) is 13.8. The Labute approximate surface area is 109 Å². The lowest BCUT2D eigenvalue weighted by Crippen LogP contribution is -2.50. The minimum Gasteiger partial charge on any atom is -0.450 e. The third-order valence-electron chi connectivity index (χ3n) is 2.81. The quantitative estimate of drug-likeness (QED) is 0.774. The number of hydrogen-bond donors (Lipinski definition) is 1. The van der Waals surface area contributed by atoms with Gasteiger partial charge in [-0.1, -0.05) is 0 Å². The fraction of sp³-hybridized carbons (Fsp3) is 0.600. The summed E-state index contributed by atoms with van der Waals surface area (Å²) in [5.74, 6) is -0.375. The average molecular weight is 269 g/mol. The van der Waals surface area contributed by atoms with Gasteiger partial charge in [0.1, 0.15) is 0 Å². The molecule has 1 fully saturated rings. The Morgan fingerprint density at radius 3 is 2.42 bits per heavy atom. The Morgan fingerprint density at radius 2 is 1.89 bits per heavy atom. The molecule has 2 N–H and O–H groups in total. The fourth-order valence-corrected chi connectivity index (χ4v) is 1.80. The van der Waals surface area contributed by atoms with Crippen molar-refractivity contribution in [2.24, 2.45) is 0 Å². The second-order valence-corrected chi connectivity index (χ2v) is 3.98. The van der Waals surface area contributed by atoms with Gasteiger partial charge in [-0.15, -0.1) is 0 Å². The standard InChI is InChI=1S/C10H15N5O4/c1-2-18-10(17)15-5-3-14(4-6-15)9(16)7-8(11)13-19-12-7/h2-6H2,1H3,(H2,11,13). The maximum Gasteiger partial charge on any atom is 0.409 e. The third-order valence-corrected chi connectivity index (χ3v) is 2.81. The minimum absolute atomic E-state index is 0.00425. The first-order chi connectivity index (χ1) is 9.13. The number of piperazine rings is 1. The van der Waals surface area contributed by atoms with Gasteiger partial charge >= 0.3 is 6.09 Å². The highest BCUT2D eigenvalue weighted by molar-refractivity contribution is 5.96. The van der Waals surface area contributed by atoms with Crippen LogP contribution in [0, 0.1) is 0 Å². The summed E-state index contributed by atoms with van der Waals surface area (Å²) in [5, 5.41) is 6.83. The van der Waals surface area contributed by atoms with Crippen LogP contribution in [0.4, 0.5) is 10.6 Å². The summed E-state index contributed by atoms with van der Waals surface area (Å²) in [4.78, 5) is 26.6. The number of carbonyl (C=O) groups is 2. The van der Waals surface area contributed by atoms with Crippen molar-refractivity contribution in [3.63, 3.8) is 0 Å². The fourth-order valence-electron chi connectivity index (χ4n) is 1.80. The van der Waals surface area contributed by atoms with Crippen LogP contribution in [-0.2, 0) is 4.74 Å². The Balaban J connectivity index is 1.92. The van der Waals surface area contributed by atoms with Gasteiger partial charge in [0, 0.05) is 26.2 Å². The van der Waals surface area contributed by atoms with Gasteiger partial charge in [-0.25, -0.2) is 9.42 Å². The van der Waals surface area contributed by atoms with Crippen LogP contribution in [0.5, 0.6) is 0 Å². The number of carbonyl (C=O) groups excluding carboxylic acids is 2. The Kier molecular flexibility index (Phi) is 3.83. The lowest BCUT2D eigenvalue weighted by Gasteiger charge is -2.33. The highest BCUT2D eigenvalue weighted by Crippen LogP contribution is 2.11. The highest BCUT2D eigenvalue weighted by atomic mass is 16.6. The monoisotopic (exact) mass is 269 g/mol. The lowest BCUT2D eigenvalue weighted by molar-refractivity contribution is 0.0562. The molecule has 1 aliphatic rings. The van der Waals surface area contributed by atoms with E-state index in [9.17, 15) is 9.59 Å². The maximum atomic E-state index is 12.0. The van der Waals surface area contributed by atoms with Gasteiger partial charge in [0.05, 0.1) is 6.61 Å². The van der Waals surface area contributed by atoms with Crippen molar-refractivity contribution in [2.75, 3.05) is 38.5 Å². The second kappa shape index (κ2) is 5.55. The Hall–Kier alpha value is -2.32. The summed E-state index contributed by atoms with van der Waals surface area (Å²) in [6.07, 6.45) is -0.364. The molecule has 9 heteroatoms. The van der Waals surface area contributed by atoms with Gasteiger partial charge in [0.2, 0.25) is 11.5 Å². The molecule has 2 amide bonds. The molecule has 0 bridgehead atoms. The first-order valence-corrected chi connectivity index (χ1v) is 5.92. The van der Waals surface area contributed by atoms with Crippen LogP contribution in [0.1, 0.15) is 17.4 Å². The van der Waals surface area contributed by atoms with Gasteiger partial charge < -0.3 is 20.3 Å². The molecule has 9 nitrogen and oxygen atoms in total. The molecule has 0 unspecified atom stereocenters. The molecule has 1 aromatic rings. The first kappa shape index (κ1) is 13.1. The van der Waals surface area contributed by atoms with Crippen molar-refractivity contribution >= 4 is 17.8 Å². The van der Waals surface area contributed by atoms with Crippen LogP contribution < -0.4 is 5.73 Å². The van der Waals surface area contributed by atoms with E-state index >= 15 is 0 Å². The topological polar surface area (TPSA) is 115 Å². The second-order valence-electron chi connectivity index (χ2n) is 3.98. The molecule has 0 atom stereocenters. The molecular formula is C10H15N5O4. The third kappa shape index (κ3) is 2.75. The van der Waals surface area contributed by atoms with E-state index in [-0.39, 0.29) is 23.5 Å². The zero-order valence-electron chi connectivity index (χ0n) is 10.5. The van der Waals surface area contributed by atoms with Crippen LogP contribution in [0.15, 0.2) is 4.63 Å². The van der Waals surface area contributed by atoms with Gasteiger partial charge in [-0.3, -0.25) is 4.79 Å². The van der Waals surface area contributed by atoms with Gasteiger partial charge in [-0.2, -0.15) is 0 Å². The van der Waals surface area contributed by atoms with Crippen LogP contribution in [0.25, 0.3) is 0 Å². The average Bonchev–Trinajstić information content (AvgIpc) is 2.84. The van der Waals surface area contributed by atoms with E-state index in [0.717, 1.165) is 0 Å². The van der Waals surface area contributed by atoms with Gasteiger partial charge in [0.15, 0.2) is 0 Å². The van der Waals surface area contributed by atoms with E-state index in [1.165, 1.54) is 0 Å². The van der Waals surface area contributed by atoms with Crippen molar-refractivity contribution in [3.05, 3.63) is 5.69 Å². The van der Waals surface area contributed by atoms with E-state index in [4.69, 9.17) is 10.5 Å². The van der Waals surface area contributed by atoms with Gasteiger partial charge in [0.25, 0.3) is 5.91 Å².